The third kappa shape index (κ3) is 3.62. The standard InChI is InChI=1S/C22H27N5O4/c1-5-15-17-18(31-22(2,3)30-17)21(29-15)27-12-26-16-19(24-11-25-20(16)27)23-10-13-6-8-14(28-4)9-7-13/h6-9,11-12,15,17-18,21H,5,10H2,1-4H3,(H,23,24,25)/t15-,17+,18?,21-/m1/s1. The van der Waals surface area contributed by atoms with E-state index < -0.39 is 5.79 Å². The maximum atomic E-state index is 6.29. The van der Waals surface area contributed by atoms with Gasteiger partial charge in [-0.15, -0.1) is 0 Å². The Morgan fingerprint density at radius 3 is 2.61 bits per heavy atom. The molecular weight excluding hydrogens is 398 g/mol. The number of methoxy groups -OCH3 is 1. The number of fused-ring (bicyclic) bond motifs is 2. The van der Waals surface area contributed by atoms with Crippen molar-refractivity contribution in [3.05, 3.63) is 42.5 Å². The van der Waals surface area contributed by atoms with Crippen molar-refractivity contribution in [3.63, 3.8) is 0 Å². The van der Waals surface area contributed by atoms with Crippen molar-refractivity contribution in [2.24, 2.45) is 0 Å². The van der Waals surface area contributed by atoms with Crippen molar-refractivity contribution in [2.75, 3.05) is 12.4 Å². The van der Waals surface area contributed by atoms with Gasteiger partial charge in [-0.1, -0.05) is 19.1 Å². The van der Waals surface area contributed by atoms with E-state index in [2.05, 4.69) is 27.2 Å². The smallest absolute Gasteiger partial charge is 0.167 e. The number of nitrogens with one attached hydrogen (secondary N) is 1. The molecule has 5 rings (SSSR count). The van der Waals surface area contributed by atoms with E-state index in [1.54, 1.807) is 13.4 Å². The summed E-state index contributed by atoms with van der Waals surface area (Å²) in [7, 11) is 1.66. The summed E-state index contributed by atoms with van der Waals surface area (Å²) in [5.41, 5.74) is 2.49. The Kier molecular flexibility index (Phi) is 5.04. The Bertz CT molecular complexity index is 1070. The lowest BCUT2D eigenvalue weighted by Gasteiger charge is -2.24. The minimum Gasteiger partial charge on any atom is -0.497 e. The van der Waals surface area contributed by atoms with Gasteiger partial charge >= 0.3 is 0 Å². The van der Waals surface area contributed by atoms with Crippen LogP contribution < -0.4 is 10.1 Å². The summed E-state index contributed by atoms with van der Waals surface area (Å²) in [5.74, 6) is 0.861. The normalized spacial score (nSPS) is 26.8. The lowest BCUT2D eigenvalue weighted by molar-refractivity contribution is -0.196. The van der Waals surface area contributed by atoms with Crippen molar-refractivity contribution in [1.82, 2.24) is 19.5 Å². The number of ether oxygens (including phenoxy) is 4. The molecule has 0 amide bonds. The number of anilines is 1. The molecule has 0 aliphatic carbocycles. The summed E-state index contributed by atoms with van der Waals surface area (Å²) in [6, 6.07) is 7.90. The van der Waals surface area contributed by atoms with E-state index in [-0.39, 0.29) is 24.5 Å². The number of hydrogen-bond donors (Lipinski definition) is 1. The van der Waals surface area contributed by atoms with E-state index in [0.29, 0.717) is 23.5 Å². The fourth-order valence-corrected chi connectivity index (χ4v) is 4.31. The largest absolute Gasteiger partial charge is 0.497 e. The maximum Gasteiger partial charge on any atom is 0.167 e. The van der Waals surface area contributed by atoms with Crippen LogP contribution in [0.5, 0.6) is 5.75 Å². The minimum absolute atomic E-state index is 0.0382. The second-order valence-corrected chi connectivity index (χ2v) is 8.29. The lowest BCUT2D eigenvalue weighted by Crippen LogP contribution is -2.28. The molecule has 0 saturated carbocycles. The molecule has 9 heteroatoms. The summed E-state index contributed by atoms with van der Waals surface area (Å²) in [4.78, 5) is 13.5. The van der Waals surface area contributed by atoms with Crippen LogP contribution in [0.1, 0.15) is 39.0 Å². The molecule has 2 fully saturated rings. The average molecular weight is 425 g/mol. The van der Waals surface area contributed by atoms with E-state index in [9.17, 15) is 0 Å². The van der Waals surface area contributed by atoms with Crippen LogP contribution in [0.3, 0.4) is 0 Å². The first-order valence-electron chi connectivity index (χ1n) is 10.5. The van der Waals surface area contributed by atoms with Crippen LogP contribution in [0, 0.1) is 0 Å². The monoisotopic (exact) mass is 425 g/mol. The van der Waals surface area contributed by atoms with Crippen molar-refractivity contribution in [3.8, 4) is 5.75 Å². The first-order chi connectivity index (χ1) is 15.0. The zero-order chi connectivity index (χ0) is 21.6. The van der Waals surface area contributed by atoms with Gasteiger partial charge in [-0.05, 0) is 38.0 Å². The SMILES string of the molecule is CC[C@H]1O[C@@H](n2cnc3c(NCc4ccc(OC)cc4)ncnc32)C2OC(C)(C)O[C@H]21. The first-order valence-corrected chi connectivity index (χ1v) is 10.5. The fourth-order valence-electron chi connectivity index (χ4n) is 4.31. The molecule has 4 atom stereocenters. The second kappa shape index (κ2) is 7.74. The number of nitrogens with zero attached hydrogens (tertiary/aromatic N) is 4. The molecule has 0 radical (unpaired) electrons. The van der Waals surface area contributed by atoms with Crippen LogP contribution in [0.25, 0.3) is 11.2 Å². The van der Waals surface area contributed by atoms with Crippen LogP contribution in [-0.2, 0) is 20.8 Å². The van der Waals surface area contributed by atoms with E-state index >= 15 is 0 Å². The Labute approximate surface area is 180 Å². The van der Waals surface area contributed by atoms with Crippen molar-refractivity contribution < 1.29 is 18.9 Å². The maximum absolute atomic E-state index is 6.29. The molecule has 9 nitrogen and oxygen atoms in total. The third-order valence-electron chi connectivity index (χ3n) is 5.78. The number of imidazole rings is 1. The highest BCUT2D eigenvalue weighted by Gasteiger charge is 2.55. The van der Waals surface area contributed by atoms with Gasteiger partial charge in [0.05, 0.1) is 19.5 Å². The minimum atomic E-state index is -0.638. The lowest BCUT2D eigenvalue weighted by atomic mass is 10.1. The molecule has 1 N–H and O–H groups in total. The molecule has 1 aromatic carbocycles. The molecule has 4 heterocycles. The predicted molar refractivity (Wildman–Crippen MR) is 114 cm³/mol. The molecular formula is C22H27N5O4. The summed E-state index contributed by atoms with van der Waals surface area (Å²) in [6.45, 7) is 6.57. The molecule has 31 heavy (non-hydrogen) atoms. The fraction of sp³-hybridized carbons (Fsp3) is 0.500. The van der Waals surface area contributed by atoms with Crippen molar-refractivity contribution in [1.29, 1.82) is 0 Å². The summed E-state index contributed by atoms with van der Waals surface area (Å²) in [5, 5.41) is 3.36. The molecule has 1 unspecified atom stereocenters. The van der Waals surface area contributed by atoms with Gasteiger partial charge in [0.1, 0.15) is 24.3 Å². The zero-order valence-electron chi connectivity index (χ0n) is 18.1. The van der Waals surface area contributed by atoms with Gasteiger partial charge in [0.25, 0.3) is 0 Å². The number of aromatic nitrogens is 4. The Morgan fingerprint density at radius 1 is 1.10 bits per heavy atom. The highest BCUT2D eigenvalue weighted by atomic mass is 16.8. The number of hydrogen-bond acceptors (Lipinski definition) is 8. The van der Waals surface area contributed by atoms with Gasteiger partial charge in [0, 0.05) is 6.54 Å². The topological polar surface area (TPSA) is 92.6 Å². The average Bonchev–Trinajstić information content (AvgIpc) is 3.43. The summed E-state index contributed by atoms with van der Waals surface area (Å²) >= 11 is 0. The number of benzene rings is 1. The highest BCUT2D eigenvalue weighted by molar-refractivity contribution is 5.82. The molecule has 0 bridgehead atoms. The molecule has 3 aromatic rings. The number of rotatable bonds is 6. The van der Waals surface area contributed by atoms with E-state index in [1.165, 1.54) is 6.33 Å². The van der Waals surface area contributed by atoms with Gasteiger partial charge in [-0.25, -0.2) is 15.0 Å². The molecule has 164 valence electrons. The summed E-state index contributed by atoms with van der Waals surface area (Å²) < 4.78 is 25.7. The molecule has 2 aliphatic heterocycles. The van der Waals surface area contributed by atoms with Gasteiger partial charge in [-0.3, -0.25) is 4.57 Å². The van der Waals surface area contributed by atoms with Crippen LogP contribution in [-0.4, -0.2) is 50.7 Å². The molecule has 0 spiro atoms. The Balaban J connectivity index is 1.40. The Hall–Kier alpha value is -2.75. The van der Waals surface area contributed by atoms with E-state index in [1.807, 2.05) is 42.7 Å². The highest BCUT2D eigenvalue weighted by Crippen LogP contribution is 2.44. The van der Waals surface area contributed by atoms with Crippen molar-refractivity contribution in [2.45, 2.75) is 64.1 Å². The van der Waals surface area contributed by atoms with E-state index in [4.69, 9.17) is 18.9 Å². The quantitative estimate of drug-likeness (QED) is 0.643. The molecule has 2 aromatic heterocycles. The third-order valence-corrected chi connectivity index (χ3v) is 5.78. The van der Waals surface area contributed by atoms with Crippen molar-refractivity contribution >= 4 is 17.0 Å². The first kappa shape index (κ1) is 20.2. The predicted octanol–water partition coefficient (Wildman–Crippen LogP) is 3.27. The Morgan fingerprint density at radius 2 is 1.87 bits per heavy atom. The zero-order valence-corrected chi connectivity index (χ0v) is 18.1. The van der Waals surface area contributed by atoms with Crippen LogP contribution in [0.15, 0.2) is 36.9 Å². The van der Waals surface area contributed by atoms with Crippen LogP contribution >= 0.6 is 0 Å². The molecule has 2 saturated heterocycles. The summed E-state index contributed by atoms with van der Waals surface area (Å²) in [6.07, 6.45) is 3.39. The van der Waals surface area contributed by atoms with Crippen LogP contribution in [0.2, 0.25) is 0 Å². The van der Waals surface area contributed by atoms with Gasteiger partial charge < -0.3 is 24.3 Å². The van der Waals surface area contributed by atoms with Gasteiger partial charge in [0.2, 0.25) is 0 Å². The van der Waals surface area contributed by atoms with Gasteiger partial charge in [-0.2, -0.15) is 0 Å². The second-order valence-electron chi connectivity index (χ2n) is 8.29. The van der Waals surface area contributed by atoms with Crippen LogP contribution in [0.4, 0.5) is 5.82 Å². The molecule has 2 aliphatic rings. The van der Waals surface area contributed by atoms with Gasteiger partial charge in [0.15, 0.2) is 29.0 Å². The van der Waals surface area contributed by atoms with E-state index in [0.717, 1.165) is 17.7 Å².